The molecule has 0 aliphatic heterocycles. The van der Waals surface area contributed by atoms with Gasteiger partial charge in [0.05, 0.1) is 19.4 Å². The summed E-state index contributed by atoms with van der Waals surface area (Å²) in [7, 11) is 0. The van der Waals surface area contributed by atoms with E-state index in [4.69, 9.17) is 9.47 Å². The van der Waals surface area contributed by atoms with E-state index in [-0.39, 0.29) is 30.4 Å². The van der Waals surface area contributed by atoms with Crippen molar-refractivity contribution < 1.29 is 19.1 Å². The zero-order valence-electron chi connectivity index (χ0n) is 11.6. The number of hydrogen-bond acceptors (Lipinski definition) is 7. The summed E-state index contributed by atoms with van der Waals surface area (Å²) >= 11 is 0. The van der Waals surface area contributed by atoms with Gasteiger partial charge in [0.15, 0.2) is 5.69 Å². The molecule has 8 heteroatoms. The molecule has 0 atom stereocenters. The zero-order chi connectivity index (χ0) is 15.2. The minimum absolute atomic E-state index is 0.0164. The molecule has 2 rings (SSSR count). The Kier molecular flexibility index (Phi) is 4.60. The summed E-state index contributed by atoms with van der Waals surface area (Å²) in [6, 6.07) is 1.63. The van der Waals surface area contributed by atoms with Gasteiger partial charge in [0, 0.05) is 12.4 Å². The number of carbonyl (C=O) groups excluding carboxylic acids is 2. The Labute approximate surface area is 120 Å². The Hall–Kier alpha value is -2.77. The monoisotopic (exact) mass is 290 g/mol. The van der Waals surface area contributed by atoms with Crippen molar-refractivity contribution >= 4 is 11.9 Å². The predicted molar refractivity (Wildman–Crippen MR) is 71.1 cm³/mol. The molecule has 0 amide bonds. The van der Waals surface area contributed by atoms with E-state index in [9.17, 15) is 9.59 Å². The highest BCUT2D eigenvalue weighted by Gasteiger charge is 2.27. The van der Waals surface area contributed by atoms with E-state index in [1.807, 2.05) is 0 Å². The van der Waals surface area contributed by atoms with Crippen LogP contribution < -0.4 is 0 Å². The van der Waals surface area contributed by atoms with Gasteiger partial charge in [-0.1, -0.05) is 0 Å². The molecule has 0 aliphatic rings. The van der Waals surface area contributed by atoms with Crippen LogP contribution in [0.4, 0.5) is 0 Å². The van der Waals surface area contributed by atoms with Crippen molar-refractivity contribution in [3.63, 3.8) is 0 Å². The molecular formula is C13H14N4O4. The molecule has 110 valence electrons. The molecule has 0 aromatic carbocycles. The van der Waals surface area contributed by atoms with E-state index in [0.717, 1.165) is 4.68 Å². The molecule has 21 heavy (non-hydrogen) atoms. The van der Waals surface area contributed by atoms with Crippen molar-refractivity contribution in [1.82, 2.24) is 19.7 Å². The quantitative estimate of drug-likeness (QED) is 0.758. The van der Waals surface area contributed by atoms with Crippen LogP contribution >= 0.6 is 0 Å². The molecule has 0 saturated carbocycles. The second kappa shape index (κ2) is 6.60. The second-order valence-corrected chi connectivity index (χ2v) is 3.81. The highest BCUT2D eigenvalue weighted by Crippen LogP contribution is 2.15. The number of ether oxygens (including phenoxy) is 2. The van der Waals surface area contributed by atoms with Gasteiger partial charge in [-0.3, -0.25) is 0 Å². The van der Waals surface area contributed by atoms with Crippen LogP contribution in [0.5, 0.6) is 0 Å². The smallest absolute Gasteiger partial charge is 0.358 e. The molecule has 2 heterocycles. The Morgan fingerprint density at radius 3 is 2.33 bits per heavy atom. The third-order valence-electron chi connectivity index (χ3n) is 2.47. The molecule has 0 saturated heterocycles. The van der Waals surface area contributed by atoms with Crippen molar-refractivity contribution in [2.24, 2.45) is 0 Å². The van der Waals surface area contributed by atoms with Gasteiger partial charge in [-0.2, -0.15) is 9.78 Å². The fraction of sp³-hybridized carbons (Fsp3) is 0.308. The highest BCUT2D eigenvalue weighted by molar-refractivity contribution is 6.02. The van der Waals surface area contributed by atoms with Gasteiger partial charge in [-0.25, -0.2) is 19.6 Å². The lowest BCUT2D eigenvalue weighted by Gasteiger charge is -2.07. The van der Waals surface area contributed by atoms with Gasteiger partial charge in [0.1, 0.15) is 5.56 Å². The molecule has 8 nitrogen and oxygen atoms in total. The van der Waals surface area contributed by atoms with Gasteiger partial charge in [-0.15, -0.1) is 0 Å². The minimum Gasteiger partial charge on any atom is -0.462 e. The van der Waals surface area contributed by atoms with Crippen LogP contribution in [0.1, 0.15) is 34.7 Å². The average molecular weight is 290 g/mol. The van der Waals surface area contributed by atoms with Crippen molar-refractivity contribution in [3.05, 3.63) is 35.9 Å². The maximum Gasteiger partial charge on any atom is 0.358 e. The fourth-order valence-electron chi connectivity index (χ4n) is 1.65. The molecule has 0 spiro atoms. The highest BCUT2D eigenvalue weighted by atomic mass is 16.5. The average Bonchev–Trinajstić information content (AvgIpc) is 2.93. The summed E-state index contributed by atoms with van der Waals surface area (Å²) in [5.74, 6) is -1.18. The number of rotatable bonds is 5. The fourth-order valence-corrected chi connectivity index (χ4v) is 1.65. The van der Waals surface area contributed by atoms with E-state index in [1.54, 1.807) is 19.9 Å². The summed E-state index contributed by atoms with van der Waals surface area (Å²) in [6.45, 7) is 3.70. The van der Waals surface area contributed by atoms with E-state index >= 15 is 0 Å². The summed E-state index contributed by atoms with van der Waals surface area (Å²) < 4.78 is 11.0. The van der Waals surface area contributed by atoms with E-state index in [0.29, 0.717) is 0 Å². The third kappa shape index (κ3) is 3.04. The maximum absolute atomic E-state index is 12.1. The normalized spacial score (nSPS) is 10.2. The first-order valence-corrected chi connectivity index (χ1v) is 6.38. The summed E-state index contributed by atoms with van der Waals surface area (Å²) in [5.41, 5.74) is -0.0377. The predicted octanol–water partition coefficient (Wildman–Crippen LogP) is 1.02. The van der Waals surface area contributed by atoms with Gasteiger partial charge in [0.2, 0.25) is 0 Å². The van der Waals surface area contributed by atoms with Crippen molar-refractivity contribution in [2.45, 2.75) is 13.8 Å². The largest absolute Gasteiger partial charge is 0.462 e. The summed E-state index contributed by atoms with van der Waals surface area (Å²) in [6.07, 6.45) is 4.24. The topological polar surface area (TPSA) is 96.2 Å². The Bertz CT molecular complexity index is 639. The first kappa shape index (κ1) is 14.6. The van der Waals surface area contributed by atoms with Crippen molar-refractivity contribution in [1.29, 1.82) is 0 Å². The van der Waals surface area contributed by atoms with Crippen LogP contribution in [0.25, 0.3) is 5.95 Å². The van der Waals surface area contributed by atoms with Gasteiger partial charge < -0.3 is 9.47 Å². The zero-order valence-corrected chi connectivity index (χ0v) is 11.6. The Morgan fingerprint density at radius 2 is 1.71 bits per heavy atom. The molecule has 0 N–H and O–H groups in total. The molecule has 0 unspecified atom stereocenters. The van der Waals surface area contributed by atoms with Gasteiger partial charge in [-0.05, 0) is 19.9 Å². The lowest BCUT2D eigenvalue weighted by atomic mass is 10.2. The van der Waals surface area contributed by atoms with Gasteiger partial charge in [0.25, 0.3) is 5.95 Å². The SMILES string of the molecule is CCOC(=O)c1cnn(-c2ncccn2)c1C(=O)OCC. The number of carbonyl (C=O) groups is 2. The summed E-state index contributed by atoms with van der Waals surface area (Å²) in [4.78, 5) is 32.0. The molecule has 2 aromatic rings. The van der Waals surface area contributed by atoms with Crippen LogP contribution in [0.15, 0.2) is 24.7 Å². The Balaban J connectivity index is 2.51. The standard InChI is InChI=1S/C13H14N4O4/c1-3-20-11(18)9-8-16-17(10(9)12(19)21-4-2)13-14-6-5-7-15-13/h5-8H,3-4H2,1-2H3. The lowest BCUT2D eigenvalue weighted by molar-refractivity contribution is 0.0472. The van der Waals surface area contributed by atoms with Crippen LogP contribution in [0.3, 0.4) is 0 Å². The minimum atomic E-state index is -0.689. The Morgan fingerprint density at radius 1 is 1.10 bits per heavy atom. The van der Waals surface area contributed by atoms with E-state index in [2.05, 4.69) is 15.1 Å². The van der Waals surface area contributed by atoms with Crippen LogP contribution in [0, 0.1) is 0 Å². The summed E-state index contributed by atoms with van der Waals surface area (Å²) in [5, 5.41) is 3.98. The molecular weight excluding hydrogens is 276 g/mol. The molecule has 0 aliphatic carbocycles. The first-order valence-electron chi connectivity index (χ1n) is 6.38. The second-order valence-electron chi connectivity index (χ2n) is 3.81. The van der Waals surface area contributed by atoms with E-state index < -0.39 is 11.9 Å². The lowest BCUT2D eigenvalue weighted by Crippen LogP contribution is -2.18. The third-order valence-corrected chi connectivity index (χ3v) is 2.47. The number of hydrogen-bond donors (Lipinski definition) is 0. The van der Waals surface area contributed by atoms with Crippen LogP contribution in [-0.2, 0) is 9.47 Å². The number of nitrogens with zero attached hydrogens (tertiary/aromatic N) is 4. The molecule has 0 fully saturated rings. The first-order chi connectivity index (χ1) is 10.2. The van der Waals surface area contributed by atoms with E-state index in [1.165, 1.54) is 18.6 Å². The molecule has 0 radical (unpaired) electrons. The van der Waals surface area contributed by atoms with Crippen LogP contribution in [-0.4, -0.2) is 44.9 Å². The maximum atomic E-state index is 12.1. The van der Waals surface area contributed by atoms with Crippen molar-refractivity contribution in [3.8, 4) is 5.95 Å². The van der Waals surface area contributed by atoms with Crippen LogP contribution in [0.2, 0.25) is 0 Å². The number of esters is 2. The molecule has 2 aromatic heterocycles. The van der Waals surface area contributed by atoms with Crippen molar-refractivity contribution in [2.75, 3.05) is 13.2 Å². The number of aromatic nitrogens is 4. The van der Waals surface area contributed by atoms with Gasteiger partial charge >= 0.3 is 11.9 Å². The molecule has 0 bridgehead atoms.